The average Bonchev–Trinajstić information content (AvgIpc) is 0.790. The maximum Gasteiger partial charge on any atom is 0.296 e. The monoisotopic (exact) mass is 2170 g/mol. The molecular weight excluding hydrogens is 2110 g/mol. The molecule has 0 aliphatic carbocycles. The molecule has 0 saturated carbocycles. The van der Waals surface area contributed by atoms with Gasteiger partial charge in [-0.1, -0.05) is 92.8 Å². The van der Waals surface area contributed by atoms with Crippen molar-refractivity contribution in [3.8, 4) is 23.0 Å². The number of azo groups is 4. The van der Waals surface area contributed by atoms with Crippen LogP contribution >= 0.6 is 92.8 Å². The third-order valence-electron chi connectivity index (χ3n) is 17.4. The molecule has 1 aliphatic heterocycles. The first kappa shape index (κ1) is 104. The Hall–Kier alpha value is -10.2. The molecule has 0 unspecified atom stereocenters. The summed E-state index contributed by atoms with van der Waals surface area (Å²) >= 11 is 51.7. The molecule has 0 bridgehead atoms. The van der Waals surface area contributed by atoms with Gasteiger partial charge in [0.2, 0.25) is 35.7 Å². The van der Waals surface area contributed by atoms with E-state index in [4.69, 9.17) is 132 Å². The summed E-state index contributed by atoms with van der Waals surface area (Å²) in [5.74, 6) is -5.81. The summed E-state index contributed by atoms with van der Waals surface area (Å²) < 4.78 is 295. The zero-order valence-electron chi connectivity index (χ0n) is 67.0. The zero-order valence-corrected chi connectivity index (χ0v) is 79.6. The van der Waals surface area contributed by atoms with Gasteiger partial charge in [0, 0.05) is 50.4 Å². The third-order valence-corrected chi connectivity index (χ3v) is 27.1. The van der Waals surface area contributed by atoms with Crippen LogP contribution in [-0.4, -0.2) is 209 Å². The van der Waals surface area contributed by atoms with Crippen LogP contribution < -0.4 is 50.0 Å². The van der Waals surface area contributed by atoms with Crippen molar-refractivity contribution in [2.75, 3.05) is 107 Å². The Kier molecular flexibility index (Phi) is 34.1. The van der Waals surface area contributed by atoms with Gasteiger partial charge in [-0.05, 0) is 123 Å². The van der Waals surface area contributed by atoms with E-state index >= 15 is 0 Å². The van der Waals surface area contributed by atoms with E-state index in [1.807, 2.05) is 0 Å². The summed E-state index contributed by atoms with van der Waals surface area (Å²) in [6.07, 6.45) is -1.30. The Labute approximate surface area is 801 Å². The van der Waals surface area contributed by atoms with Crippen molar-refractivity contribution in [1.29, 1.82) is 0 Å². The lowest BCUT2D eigenvalue weighted by atomic mass is 10.2. The number of benzene rings is 8. The van der Waals surface area contributed by atoms with E-state index in [1.54, 1.807) is 9.80 Å². The predicted octanol–water partition coefficient (Wildman–Crippen LogP) is 16.9. The fourth-order valence-corrected chi connectivity index (χ4v) is 18.0. The second-order valence-corrected chi connectivity index (χ2v) is 42.5. The van der Waals surface area contributed by atoms with E-state index in [0.717, 1.165) is 48.5 Å². The summed E-state index contributed by atoms with van der Waals surface area (Å²) in [5, 5.41) is 42.3. The van der Waals surface area contributed by atoms with Crippen molar-refractivity contribution in [3.63, 3.8) is 0 Å². The molecule has 48 nitrogen and oxygen atoms in total. The predicted molar refractivity (Wildman–Crippen MR) is 491 cm³/mol. The molecule has 1 aliphatic rings. The average molecular weight is 2170 g/mol. The van der Waals surface area contributed by atoms with Crippen LogP contribution in [0.3, 0.4) is 0 Å². The molecule has 0 amide bonds. The Morgan fingerprint density at radius 3 is 0.664 bits per heavy atom. The number of hydrogen-bond acceptors (Lipinski definition) is 40. The molecule has 716 valence electrons. The maximum absolute atomic E-state index is 12.2. The van der Waals surface area contributed by atoms with Gasteiger partial charge in [0.15, 0.2) is 0 Å². The van der Waals surface area contributed by atoms with Gasteiger partial charge in [-0.15, -0.1) is 20.5 Å². The first-order valence-electron chi connectivity index (χ1n) is 37.1. The lowest BCUT2D eigenvalue weighted by molar-refractivity contribution is 0.317. The lowest BCUT2D eigenvalue weighted by Crippen LogP contribution is -2.48. The first-order valence-corrected chi connectivity index (χ1v) is 52.4. The quantitative estimate of drug-likeness (QED) is 0.00960. The fraction of sp³-hybridized carbons (Fsp3) is 0.229. The highest BCUT2D eigenvalue weighted by Crippen LogP contribution is 2.46. The third kappa shape index (κ3) is 30.9. The molecule has 1 fully saturated rings. The molecular formula is C70H64Cl8N20O28S8. The van der Waals surface area contributed by atoms with E-state index in [9.17, 15) is 104 Å². The molecule has 1 saturated heterocycles. The lowest BCUT2D eigenvalue weighted by Gasteiger charge is -2.35. The molecule has 8 aromatic carbocycles. The van der Waals surface area contributed by atoms with Crippen molar-refractivity contribution in [1.82, 2.24) is 29.9 Å². The standard InChI is InChI=1S/C70H64Cl8N20O28S8/c71-41-9-5-37(25-61(41)131(111,112)113)89-93-49-33-57(123-17-1-21-127(99,100)101)53(29-45(49)75)79-65-83-66(80-54-30-46(76)50(34-58(54)124-18-2-22-128(102,103)104)94-90-38-6-10-42(72)62(26-38)132(114,115)116)86-69(85-65)97-13-15-98(16-14-97)70-87-67(81-55-31-47(77)51(35-59(55)125-19-3-23-129(105,106)107)95-91-39-7-11-43(73)63(27-39)133(117,118)119)84-68(88-70)82-56-32-48(78)52(36-60(56)126-20-4-24-130(108,109)110)96-92-40-8-12-44(74)64(28-40)134(120,121)122/h5-12,25-36H,1-4,13-24H2,(H,99,100,101)(H,102,103,104)(H,105,106,107)(H,108,109,110)(H,111,112,113)(H,114,115,116)(H,117,118,119)(H,120,121,122)(H2,79,80,83,85,86)(H2,81,82,84,87,88). The molecule has 2 aromatic heterocycles. The summed E-state index contributed by atoms with van der Waals surface area (Å²) in [6.45, 7) is -2.20. The van der Waals surface area contributed by atoms with Crippen molar-refractivity contribution in [2.45, 2.75) is 45.3 Å². The minimum absolute atomic E-state index is 0.108. The Morgan fingerprint density at radius 2 is 0.478 bits per heavy atom. The molecule has 3 heterocycles. The number of nitrogens with one attached hydrogen (secondary N) is 4. The van der Waals surface area contributed by atoms with E-state index in [-0.39, 0.29) is 219 Å². The molecule has 10 aromatic rings. The van der Waals surface area contributed by atoms with Gasteiger partial charge in [-0.2, -0.15) is 118 Å². The van der Waals surface area contributed by atoms with Gasteiger partial charge >= 0.3 is 0 Å². The van der Waals surface area contributed by atoms with Gasteiger partial charge in [0.1, 0.15) is 65.3 Å². The van der Waals surface area contributed by atoms with Crippen LogP contribution in [-0.2, 0) is 80.9 Å². The fourth-order valence-electron chi connectivity index (χ4n) is 11.3. The highest BCUT2D eigenvalue weighted by Gasteiger charge is 2.29. The zero-order chi connectivity index (χ0) is 97.8. The van der Waals surface area contributed by atoms with Crippen molar-refractivity contribution in [3.05, 3.63) is 162 Å². The smallest absolute Gasteiger partial charge is 0.296 e. The van der Waals surface area contributed by atoms with Gasteiger partial charge < -0.3 is 50.0 Å². The number of halogens is 8. The van der Waals surface area contributed by atoms with Gasteiger partial charge in [-0.3, -0.25) is 36.4 Å². The molecule has 134 heavy (non-hydrogen) atoms. The number of rotatable bonds is 42. The molecule has 0 atom stereocenters. The summed E-state index contributed by atoms with van der Waals surface area (Å²) in [5.41, 5.74) is -1.82. The molecule has 12 N–H and O–H groups in total. The van der Waals surface area contributed by atoms with E-state index in [0.29, 0.717) is 0 Å². The largest absolute Gasteiger partial charge is 0.491 e. The van der Waals surface area contributed by atoms with Gasteiger partial charge in [0.05, 0.1) is 135 Å². The highest BCUT2D eigenvalue weighted by molar-refractivity contribution is 7.87. The number of nitrogens with zero attached hydrogens (tertiary/aromatic N) is 16. The Morgan fingerprint density at radius 1 is 0.276 bits per heavy atom. The number of hydrogen-bond donors (Lipinski definition) is 12. The number of ether oxygens (including phenoxy) is 4. The van der Waals surface area contributed by atoms with E-state index in [2.05, 4.69) is 72.1 Å². The van der Waals surface area contributed by atoms with Crippen molar-refractivity contribution >= 4 is 278 Å². The first-order chi connectivity index (χ1) is 62.6. The minimum atomic E-state index is -4.88. The number of aromatic nitrogens is 6. The SMILES string of the molecule is O=S(=O)(O)CCCOc1cc(N=Nc2ccc(Cl)c(S(=O)(=O)O)c2)c(Cl)cc1Nc1nc(Nc2cc(Cl)c(N=Nc3ccc(Cl)c(S(=O)(=O)O)c3)cc2OCCCS(=O)(=O)O)nc(N2CCN(c3nc(Nc4cc(Cl)c(N=Nc5ccc(Cl)c(S(=O)(=O)O)c5)cc4OCCCS(=O)(=O)O)nc(Nc4cc(Cl)c(N=Nc5ccc(Cl)c(S(=O)(=O)O)c5)cc4OCCCS(=O)(=O)O)n3)CC2)n1. The Balaban J connectivity index is 1.02. The van der Waals surface area contributed by atoms with Crippen LogP contribution in [0.5, 0.6) is 23.0 Å². The summed E-state index contributed by atoms with van der Waals surface area (Å²) in [6, 6.07) is 22.7. The maximum atomic E-state index is 12.2. The number of anilines is 10. The van der Waals surface area contributed by atoms with Gasteiger partial charge in [-0.25, -0.2) is 0 Å². The summed E-state index contributed by atoms with van der Waals surface area (Å²) in [7, 11) is -37.8. The van der Waals surface area contributed by atoms with Crippen LogP contribution in [0.15, 0.2) is 182 Å². The van der Waals surface area contributed by atoms with Crippen molar-refractivity contribution in [2.24, 2.45) is 40.9 Å². The molecule has 11 rings (SSSR count). The van der Waals surface area contributed by atoms with Crippen LogP contribution in [0.25, 0.3) is 0 Å². The molecule has 64 heteroatoms. The summed E-state index contributed by atoms with van der Waals surface area (Å²) in [4.78, 5) is 28.6. The van der Waals surface area contributed by atoms with Crippen LogP contribution in [0.2, 0.25) is 40.2 Å². The second-order valence-electron chi connectivity index (χ2n) is 27.3. The number of piperazine rings is 1. The van der Waals surface area contributed by atoms with E-state index in [1.165, 1.54) is 72.8 Å². The second kappa shape index (κ2) is 43.8. The normalized spacial score (nSPS) is 13.3. The van der Waals surface area contributed by atoms with Crippen LogP contribution in [0.4, 0.5) is 104 Å². The highest BCUT2D eigenvalue weighted by atomic mass is 35.5. The Bertz CT molecular complexity index is 6500. The van der Waals surface area contributed by atoms with Crippen LogP contribution in [0.1, 0.15) is 25.7 Å². The van der Waals surface area contributed by atoms with E-state index < -0.39 is 150 Å². The topological polar surface area (TPSA) is 703 Å². The molecule has 0 radical (unpaired) electrons. The minimum Gasteiger partial charge on any atom is -0.491 e. The van der Waals surface area contributed by atoms with Crippen molar-refractivity contribution < 1.29 is 123 Å². The molecule has 0 spiro atoms. The van der Waals surface area contributed by atoms with Crippen LogP contribution in [0, 0.1) is 0 Å². The van der Waals surface area contributed by atoms with Gasteiger partial charge in [0.25, 0.3) is 80.9 Å².